The molecule has 0 unspecified atom stereocenters. The second-order valence-electron chi connectivity index (χ2n) is 2.00. The summed E-state index contributed by atoms with van der Waals surface area (Å²) in [4.78, 5) is 0. The van der Waals surface area contributed by atoms with Gasteiger partial charge in [0.1, 0.15) is 17.4 Å². The molecule has 10 heavy (non-hydrogen) atoms. The summed E-state index contributed by atoms with van der Waals surface area (Å²) in [6.07, 6.45) is 0. The fourth-order valence-electron chi connectivity index (χ4n) is 0.831. The molecular weight excluding hydrogens is 130 g/mol. The minimum atomic E-state index is -0.0150. The highest BCUT2D eigenvalue weighted by Crippen LogP contribution is 2.50. The Labute approximate surface area is 57.1 Å². The quantitative estimate of drug-likeness (QED) is 0.552. The summed E-state index contributed by atoms with van der Waals surface area (Å²) >= 11 is 0. The number of hydrogen-bond acceptors (Lipinski definition) is 3. The lowest BCUT2D eigenvalue weighted by atomic mass is 10.2. The molecule has 1 aliphatic heterocycles. The highest BCUT2D eigenvalue weighted by atomic mass is 16.6. The summed E-state index contributed by atoms with van der Waals surface area (Å²) in [5.74, 6) is 1.19. The molecule has 3 nitrogen and oxygen atoms in total. The van der Waals surface area contributed by atoms with Crippen LogP contribution >= 0.6 is 0 Å². The van der Waals surface area contributed by atoms with Gasteiger partial charge in [-0.2, -0.15) is 5.26 Å². The van der Waals surface area contributed by atoms with Gasteiger partial charge in [-0.05, 0) is 12.1 Å². The highest BCUT2D eigenvalue weighted by molar-refractivity contribution is 5.67. The minimum Gasteiger partial charge on any atom is -0.506 e. The first-order chi connectivity index (χ1) is 4.83. The standard InChI is InChI=1S/C7H3NO2/c8-3-4-5(9)1-2-6-7(4)10-6/h1-2,9H. The molecule has 1 aliphatic rings. The lowest BCUT2D eigenvalue weighted by Crippen LogP contribution is -1.67. The second-order valence-corrected chi connectivity index (χ2v) is 2.00. The van der Waals surface area contributed by atoms with Crippen molar-refractivity contribution in [1.29, 1.82) is 5.26 Å². The Bertz CT molecular complexity index is 334. The van der Waals surface area contributed by atoms with Crippen molar-refractivity contribution >= 4 is 0 Å². The molecule has 0 amide bonds. The SMILES string of the molecule is N#Cc1c(O)ccc2c1O2. The summed E-state index contributed by atoms with van der Waals surface area (Å²) in [5, 5.41) is 17.5. The third-order valence-corrected chi connectivity index (χ3v) is 1.38. The number of nitrogens with zero attached hydrogens (tertiary/aromatic N) is 1. The van der Waals surface area contributed by atoms with E-state index in [0.29, 0.717) is 11.5 Å². The number of phenols is 1. The van der Waals surface area contributed by atoms with Crippen molar-refractivity contribution in [3.8, 4) is 23.3 Å². The van der Waals surface area contributed by atoms with E-state index in [-0.39, 0.29) is 11.3 Å². The van der Waals surface area contributed by atoms with Crippen LogP contribution in [0.3, 0.4) is 0 Å². The zero-order chi connectivity index (χ0) is 7.14. The first-order valence-electron chi connectivity index (χ1n) is 2.77. The van der Waals surface area contributed by atoms with E-state index in [1.807, 2.05) is 6.07 Å². The van der Waals surface area contributed by atoms with Gasteiger partial charge in [0.05, 0.1) is 0 Å². The third-order valence-electron chi connectivity index (χ3n) is 1.38. The molecule has 0 saturated carbocycles. The van der Waals surface area contributed by atoms with Gasteiger partial charge in [0.25, 0.3) is 0 Å². The number of phenolic OH excluding ortho intramolecular Hbond substituents is 1. The van der Waals surface area contributed by atoms with Crippen LogP contribution in [-0.2, 0) is 0 Å². The van der Waals surface area contributed by atoms with Crippen LogP contribution in [0.2, 0.25) is 0 Å². The molecule has 0 radical (unpaired) electrons. The number of fused-ring (bicyclic) bond motifs is 1. The third kappa shape index (κ3) is 0.477. The predicted octanol–water partition coefficient (Wildman–Crippen LogP) is 1.37. The molecule has 0 atom stereocenters. The molecule has 2 rings (SSSR count). The summed E-state index contributed by atoms with van der Waals surface area (Å²) in [6.45, 7) is 0. The fourth-order valence-corrected chi connectivity index (χ4v) is 0.831. The Balaban J connectivity index is 2.71. The maximum atomic E-state index is 9.02. The Morgan fingerprint density at radius 3 is 2.90 bits per heavy atom. The summed E-state index contributed by atoms with van der Waals surface area (Å²) < 4.78 is 4.86. The largest absolute Gasteiger partial charge is 0.506 e. The molecule has 0 aliphatic carbocycles. The number of aromatic hydroxyl groups is 1. The van der Waals surface area contributed by atoms with E-state index in [0.717, 1.165) is 0 Å². The molecule has 48 valence electrons. The maximum absolute atomic E-state index is 9.02. The molecule has 0 bridgehead atoms. The van der Waals surface area contributed by atoms with Crippen molar-refractivity contribution in [1.82, 2.24) is 0 Å². The van der Waals surface area contributed by atoms with E-state index in [4.69, 9.17) is 15.1 Å². The molecule has 0 fully saturated rings. The zero-order valence-electron chi connectivity index (χ0n) is 4.96. The number of benzene rings is 1. The Morgan fingerprint density at radius 2 is 2.30 bits per heavy atom. The van der Waals surface area contributed by atoms with Crippen LogP contribution in [0.25, 0.3) is 0 Å². The van der Waals surface area contributed by atoms with E-state index in [1.165, 1.54) is 6.07 Å². The molecule has 3 heteroatoms. The van der Waals surface area contributed by atoms with Crippen molar-refractivity contribution < 1.29 is 9.84 Å². The van der Waals surface area contributed by atoms with Gasteiger partial charge >= 0.3 is 0 Å². The lowest BCUT2D eigenvalue weighted by Gasteiger charge is -1.85. The van der Waals surface area contributed by atoms with Gasteiger partial charge < -0.3 is 9.84 Å². The highest BCUT2D eigenvalue weighted by Gasteiger charge is 2.26. The average molecular weight is 133 g/mol. The van der Waals surface area contributed by atoms with Gasteiger partial charge in [-0.3, -0.25) is 0 Å². The van der Waals surface area contributed by atoms with Crippen LogP contribution in [0.4, 0.5) is 0 Å². The topological polar surface area (TPSA) is 56.5 Å². The normalized spacial score (nSPS) is 11.1. The van der Waals surface area contributed by atoms with E-state index in [1.54, 1.807) is 6.07 Å². The molecule has 0 aromatic heterocycles. The van der Waals surface area contributed by atoms with E-state index in [9.17, 15) is 0 Å². The van der Waals surface area contributed by atoms with Gasteiger partial charge in [-0.25, -0.2) is 0 Å². The molecule has 1 N–H and O–H groups in total. The first kappa shape index (κ1) is 5.12. The van der Waals surface area contributed by atoms with Crippen LogP contribution in [-0.4, -0.2) is 5.11 Å². The van der Waals surface area contributed by atoms with Gasteiger partial charge in [0, 0.05) is 0 Å². The first-order valence-corrected chi connectivity index (χ1v) is 2.77. The Morgan fingerprint density at radius 1 is 1.50 bits per heavy atom. The fraction of sp³-hybridized carbons (Fsp3) is 0. The molecule has 0 spiro atoms. The van der Waals surface area contributed by atoms with Crippen LogP contribution in [0.5, 0.6) is 17.2 Å². The van der Waals surface area contributed by atoms with E-state index < -0.39 is 0 Å². The van der Waals surface area contributed by atoms with Crippen LogP contribution in [0.15, 0.2) is 12.1 Å². The summed E-state index contributed by atoms with van der Waals surface area (Å²) in [5.41, 5.74) is 0.234. The predicted molar refractivity (Wildman–Crippen MR) is 32.9 cm³/mol. The van der Waals surface area contributed by atoms with Gasteiger partial charge in [-0.15, -0.1) is 0 Å². The monoisotopic (exact) mass is 133 g/mol. The van der Waals surface area contributed by atoms with Crippen molar-refractivity contribution in [3.63, 3.8) is 0 Å². The van der Waals surface area contributed by atoms with Crippen molar-refractivity contribution in [3.05, 3.63) is 17.7 Å². The number of ether oxygens (including phenoxy) is 1. The van der Waals surface area contributed by atoms with Crippen LogP contribution in [0, 0.1) is 11.3 Å². The molecule has 1 aromatic rings. The number of rotatable bonds is 0. The second kappa shape index (κ2) is 1.42. The molecular formula is C7H3NO2. The Kier molecular flexibility index (Phi) is 0.728. The minimum absolute atomic E-state index is 0.0150. The number of hydrogen-bond donors (Lipinski definition) is 1. The van der Waals surface area contributed by atoms with Crippen molar-refractivity contribution in [2.24, 2.45) is 0 Å². The zero-order valence-corrected chi connectivity index (χ0v) is 4.96. The maximum Gasteiger partial charge on any atom is 0.191 e. The van der Waals surface area contributed by atoms with Gasteiger partial charge in [0.2, 0.25) is 0 Å². The average Bonchev–Trinajstić information content (AvgIpc) is 2.66. The smallest absolute Gasteiger partial charge is 0.191 e. The van der Waals surface area contributed by atoms with Crippen LogP contribution in [0.1, 0.15) is 5.56 Å². The van der Waals surface area contributed by atoms with Gasteiger partial charge in [0.15, 0.2) is 11.5 Å². The number of nitriles is 1. The van der Waals surface area contributed by atoms with E-state index >= 15 is 0 Å². The van der Waals surface area contributed by atoms with Crippen molar-refractivity contribution in [2.45, 2.75) is 0 Å². The van der Waals surface area contributed by atoms with Crippen LogP contribution < -0.4 is 4.74 Å². The van der Waals surface area contributed by atoms with Gasteiger partial charge in [-0.1, -0.05) is 0 Å². The van der Waals surface area contributed by atoms with E-state index in [2.05, 4.69) is 0 Å². The van der Waals surface area contributed by atoms with Crippen molar-refractivity contribution in [2.75, 3.05) is 0 Å². The molecule has 1 aromatic carbocycles. The summed E-state index contributed by atoms with van der Waals surface area (Å²) in [6, 6.07) is 4.92. The Hall–Kier alpha value is -1.69. The molecule has 0 saturated heterocycles. The summed E-state index contributed by atoms with van der Waals surface area (Å²) in [7, 11) is 0. The lowest BCUT2D eigenvalue weighted by molar-refractivity contribution is 0.473. The molecule has 1 heterocycles.